The van der Waals surface area contributed by atoms with Gasteiger partial charge in [0.2, 0.25) is 5.91 Å². The minimum absolute atomic E-state index is 0. The Balaban J connectivity index is 0.00000180. The van der Waals surface area contributed by atoms with Gasteiger partial charge in [0, 0.05) is 13.2 Å². The Morgan fingerprint density at radius 2 is 2.16 bits per heavy atom. The van der Waals surface area contributed by atoms with Crippen molar-refractivity contribution in [2.45, 2.75) is 24.9 Å². The van der Waals surface area contributed by atoms with Gasteiger partial charge in [-0.25, -0.2) is 0 Å². The summed E-state index contributed by atoms with van der Waals surface area (Å²) in [5.41, 5.74) is 6.98. The Kier molecular flexibility index (Phi) is 6.28. The molecule has 1 aliphatic rings. The number of nitrogens with two attached hydrogens (primary N) is 1. The van der Waals surface area contributed by atoms with E-state index in [1.54, 1.807) is 7.11 Å². The average Bonchev–Trinajstić information content (AvgIpc) is 3.08. The maximum Gasteiger partial charge on any atom is 0.239 e. The van der Waals surface area contributed by atoms with Crippen LogP contribution in [0.5, 0.6) is 0 Å². The normalized spacial score (nSPS) is 22.2. The molecule has 0 radical (unpaired) electrons. The summed E-state index contributed by atoms with van der Waals surface area (Å²) in [5, 5.41) is 2.96. The van der Waals surface area contributed by atoms with Crippen molar-refractivity contribution >= 4 is 18.3 Å². The molecule has 4 nitrogen and oxygen atoms in total. The van der Waals surface area contributed by atoms with Gasteiger partial charge < -0.3 is 15.8 Å². The fourth-order valence-electron chi connectivity index (χ4n) is 2.11. The lowest BCUT2D eigenvalue weighted by Gasteiger charge is -2.11. The average molecular weight is 285 g/mol. The van der Waals surface area contributed by atoms with Gasteiger partial charge in [0.1, 0.15) is 6.04 Å². The number of halogens is 1. The third-order valence-electron chi connectivity index (χ3n) is 3.27. The molecule has 1 fully saturated rings. The molecule has 0 aromatic heterocycles. The van der Waals surface area contributed by atoms with E-state index in [1.165, 1.54) is 5.56 Å². The van der Waals surface area contributed by atoms with Gasteiger partial charge >= 0.3 is 0 Å². The first-order chi connectivity index (χ1) is 8.70. The first-order valence-electron chi connectivity index (χ1n) is 6.29. The van der Waals surface area contributed by atoms with Crippen LogP contribution in [-0.4, -0.2) is 31.7 Å². The molecular weight excluding hydrogens is 264 g/mol. The number of rotatable bonds is 6. The predicted octanol–water partition coefficient (Wildman–Crippen LogP) is 1.13. The maximum atomic E-state index is 11.7. The zero-order chi connectivity index (χ0) is 13.0. The van der Waals surface area contributed by atoms with E-state index in [-0.39, 0.29) is 31.0 Å². The summed E-state index contributed by atoms with van der Waals surface area (Å²) in [6.45, 7) is 0.266. The Labute approximate surface area is 120 Å². The van der Waals surface area contributed by atoms with Crippen LogP contribution in [0.25, 0.3) is 0 Å². The van der Waals surface area contributed by atoms with Crippen LogP contribution in [0.1, 0.15) is 12.0 Å². The van der Waals surface area contributed by atoms with Crippen molar-refractivity contribution in [1.29, 1.82) is 0 Å². The fraction of sp³-hybridized carbons (Fsp3) is 0.500. The number of benzene rings is 1. The molecule has 0 aliphatic heterocycles. The highest BCUT2D eigenvalue weighted by Gasteiger charge is 2.38. The molecule has 3 N–H and O–H groups in total. The molecule has 2 rings (SSSR count). The highest BCUT2D eigenvalue weighted by atomic mass is 35.5. The number of ether oxygens (including phenoxy) is 1. The molecule has 5 heteroatoms. The molecule has 0 spiro atoms. The van der Waals surface area contributed by atoms with E-state index in [1.807, 2.05) is 18.2 Å². The quantitative estimate of drug-likeness (QED) is 0.823. The molecule has 1 aromatic carbocycles. The number of methoxy groups -OCH3 is 1. The van der Waals surface area contributed by atoms with Crippen LogP contribution in [0.2, 0.25) is 0 Å². The minimum Gasteiger partial charge on any atom is -0.383 e. The SMILES string of the molecule is COCC(N)C(=O)NC1CC1Cc1ccccc1.Cl. The van der Waals surface area contributed by atoms with E-state index < -0.39 is 6.04 Å². The van der Waals surface area contributed by atoms with Gasteiger partial charge in [-0.3, -0.25) is 4.79 Å². The lowest BCUT2D eigenvalue weighted by molar-refractivity contribution is -0.123. The Morgan fingerprint density at radius 1 is 1.47 bits per heavy atom. The fourth-order valence-corrected chi connectivity index (χ4v) is 2.11. The topological polar surface area (TPSA) is 64.3 Å². The highest BCUT2D eigenvalue weighted by Crippen LogP contribution is 2.33. The summed E-state index contributed by atoms with van der Waals surface area (Å²) in [6.07, 6.45) is 2.06. The summed E-state index contributed by atoms with van der Waals surface area (Å²) >= 11 is 0. The van der Waals surface area contributed by atoms with Gasteiger partial charge in [-0.2, -0.15) is 0 Å². The van der Waals surface area contributed by atoms with Crippen LogP contribution in [-0.2, 0) is 16.0 Å². The van der Waals surface area contributed by atoms with Gasteiger partial charge in [-0.05, 0) is 24.3 Å². The first kappa shape index (κ1) is 16.0. The molecule has 1 aliphatic carbocycles. The number of carbonyl (C=O) groups is 1. The van der Waals surface area contributed by atoms with Crippen LogP contribution < -0.4 is 11.1 Å². The first-order valence-corrected chi connectivity index (χ1v) is 6.29. The zero-order valence-corrected chi connectivity index (χ0v) is 11.9. The molecule has 1 aromatic rings. The van der Waals surface area contributed by atoms with Gasteiger partial charge in [-0.1, -0.05) is 30.3 Å². The lowest BCUT2D eigenvalue weighted by Crippen LogP contribution is -2.44. The second-order valence-electron chi connectivity index (χ2n) is 4.86. The van der Waals surface area contributed by atoms with Crippen LogP contribution >= 0.6 is 12.4 Å². The smallest absolute Gasteiger partial charge is 0.239 e. The van der Waals surface area contributed by atoms with Crippen molar-refractivity contribution in [3.8, 4) is 0 Å². The number of nitrogens with one attached hydrogen (secondary N) is 1. The molecule has 3 atom stereocenters. The highest BCUT2D eigenvalue weighted by molar-refractivity contribution is 5.85. The summed E-state index contributed by atoms with van der Waals surface area (Å²) in [4.78, 5) is 11.7. The summed E-state index contributed by atoms with van der Waals surface area (Å²) in [5.74, 6) is 0.434. The van der Waals surface area contributed by atoms with Crippen LogP contribution in [0, 0.1) is 5.92 Å². The third kappa shape index (κ3) is 4.82. The minimum atomic E-state index is -0.562. The lowest BCUT2D eigenvalue weighted by atomic mass is 10.1. The van der Waals surface area contributed by atoms with Crippen molar-refractivity contribution in [1.82, 2.24) is 5.32 Å². The van der Waals surface area contributed by atoms with E-state index >= 15 is 0 Å². The number of carbonyl (C=O) groups excluding carboxylic acids is 1. The Hall–Kier alpha value is -1.10. The van der Waals surface area contributed by atoms with E-state index in [4.69, 9.17) is 10.5 Å². The summed E-state index contributed by atoms with van der Waals surface area (Å²) in [7, 11) is 1.54. The third-order valence-corrected chi connectivity index (χ3v) is 3.27. The van der Waals surface area contributed by atoms with Gasteiger partial charge in [0.15, 0.2) is 0 Å². The monoisotopic (exact) mass is 284 g/mol. The molecule has 0 bridgehead atoms. The summed E-state index contributed by atoms with van der Waals surface area (Å²) < 4.78 is 4.86. The van der Waals surface area contributed by atoms with Gasteiger partial charge in [0.25, 0.3) is 0 Å². The second kappa shape index (κ2) is 7.48. The Morgan fingerprint density at radius 3 is 2.79 bits per heavy atom. The molecule has 3 unspecified atom stereocenters. The van der Waals surface area contributed by atoms with E-state index in [9.17, 15) is 4.79 Å². The molecular formula is C14H21ClN2O2. The van der Waals surface area contributed by atoms with Crippen LogP contribution in [0.4, 0.5) is 0 Å². The van der Waals surface area contributed by atoms with Crippen molar-refractivity contribution < 1.29 is 9.53 Å². The predicted molar refractivity (Wildman–Crippen MR) is 77.3 cm³/mol. The van der Waals surface area contributed by atoms with Crippen LogP contribution in [0.15, 0.2) is 30.3 Å². The Bertz CT molecular complexity index is 400. The van der Waals surface area contributed by atoms with E-state index in [0.717, 1.165) is 12.8 Å². The van der Waals surface area contributed by atoms with Gasteiger partial charge in [-0.15, -0.1) is 12.4 Å². The maximum absolute atomic E-state index is 11.7. The largest absolute Gasteiger partial charge is 0.383 e. The number of hydrogen-bond acceptors (Lipinski definition) is 3. The van der Waals surface area contributed by atoms with E-state index in [0.29, 0.717) is 5.92 Å². The number of amides is 1. The molecule has 0 heterocycles. The molecule has 0 saturated heterocycles. The van der Waals surface area contributed by atoms with Crippen molar-refractivity contribution in [2.24, 2.45) is 11.7 Å². The molecule has 1 saturated carbocycles. The van der Waals surface area contributed by atoms with Crippen molar-refractivity contribution in [2.75, 3.05) is 13.7 Å². The standard InChI is InChI=1S/C14H20N2O2.ClH/c1-18-9-12(15)14(17)16-13-8-11(13)7-10-5-3-2-4-6-10;/h2-6,11-13H,7-9,15H2,1H3,(H,16,17);1H. The zero-order valence-electron chi connectivity index (χ0n) is 11.0. The number of hydrogen-bond donors (Lipinski definition) is 2. The molecule has 19 heavy (non-hydrogen) atoms. The molecule has 106 valence electrons. The second-order valence-corrected chi connectivity index (χ2v) is 4.86. The van der Waals surface area contributed by atoms with E-state index in [2.05, 4.69) is 17.4 Å². The molecule has 1 amide bonds. The van der Waals surface area contributed by atoms with Crippen LogP contribution in [0.3, 0.4) is 0 Å². The van der Waals surface area contributed by atoms with Gasteiger partial charge in [0.05, 0.1) is 6.61 Å². The summed E-state index contributed by atoms with van der Waals surface area (Å²) in [6, 6.07) is 10.1. The van der Waals surface area contributed by atoms with Crippen molar-refractivity contribution in [3.63, 3.8) is 0 Å². The van der Waals surface area contributed by atoms with Crippen molar-refractivity contribution in [3.05, 3.63) is 35.9 Å².